The molecule has 1 atom stereocenters. The third kappa shape index (κ3) is 7.18. The maximum Gasteiger partial charge on any atom is 0.543 e. The summed E-state index contributed by atoms with van der Waals surface area (Å²) in [6, 6.07) is 4.74. The molecule has 0 bridgehead atoms. The predicted molar refractivity (Wildman–Crippen MR) is 91.8 cm³/mol. The lowest BCUT2D eigenvalue weighted by molar-refractivity contribution is -0.453. The van der Waals surface area contributed by atoms with Crippen LogP contribution in [0.4, 0.5) is 4.79 Å². The SMILES string of the molecule is CCCCCCC(C)OC(=O)OOOC(=O)c1c(OC)cccc1OC. The Hall–Kier alpha value is -2.48. The van der Waals surface area contributed by atoms with Crippen LogP contribution in [0.1, 0.15) is 56.3 Å². The molecule has 0 fully saturated rings. The molecule has 146 valence electrons. The van der Waals surface area contributed by atoms with Crippen molar-refractivity contribution in [3.05, 3.63) is 23.8 Å². The summed E-state index contributed by atoms with van der Waals surface area (Å²) in [5, 5.41) is 4.22. The molecular weight excluding hydrogens is 344 g/mol. The van der Waals surface area contributed by atoms with E-state index in [1.54, 1.807) is 25.1 Å². The summed E-state index contributed by atoms with van der Waals surface area (Å²) in [4.78, 5) is 32.3. The fourth-order valence-electron chi connectivity index (χ4n) is 2.27. The van der Waals surface area contributed by atoms with E-state index < -0.39 is 12.1 Å². The van der Waals surface area contributed by atoms with Crippen LogP contribution < -0.4 is 9.47 Å². The van der Waals surface area contributed by atoms with E-state index in [1.807, 2.05) is 0 Å². The molecular formula is C18H26O8. The van der Waals surface area contributed by atoms with Crippen molar-refractivity contribution in [2.45, 2.75) is 52.1 Å². The van der Waals surface area contributed by atoms with Gasteiger partial charge in [0, 0.05) is 0 Å². The lowest BCUT2D eigenvalue weighted by Gasteiger charge is -2.12. The second-order valence-electron chi connectivity index (χ2n) is 5.59. The minimum Gasteiger partial charge on any atom is -0.496 e. The van der Waals surface area contributed by atoms with Crippen LogP contribution in [-0.4, -0.2) is 32.4 Å². The van der Waals surface area contributed by atoms with E-state index in [9.17, 15) is 9.59 Å². The lowest BCUT2D eigenvalue weighted by Crippen LogP contribution is -2.18. The Kier molecular flexibility index (Phi) is 9.93. The van der Waals surface area contributed by atoms with Crippen molar-refractivity contribution in [2.75, 3.05) is 14.2 Å². The average Bonchev–Trinajstić information content (AvgIpc) is 2.64. The highest BCUT2D eigenvalue weighted by Crippen LogP contribution is 2.28. The molecule has 1 unspecified atom stereocenters. The van der Waals surface area contributed by atoms with Crippen LogP contribution in [-0.2, 0) is 19.6 Å². The fraction of sp³-hybridized carbons (Fsp3) is 0.556. The second kappa shape index (κ2) is 12.0. The molecule has 0 aromatic heterocycles. The Morgan fingerprint density at radius 2 is 1.65 bits per heavy atom. The molecule has 0 amide bonds. The summed E-state index contributed by atoms with van der Waals surface area (Å²) in [5.74, 6) is -0.498. The van der Waals surface area contributed by atoms with Crippen molar-refractivity contribution in [2.24, 2.45) is 0 Å². The number of hydrogen-bond acceptors (Lipinski definition) is 8. The van der Waals surface area contributed by atoms with Crippen LogP contribution in [0.15, 0.2) is 18.2 Å². The first-order valence-electron chi connectivity index (χ1n) is 8.50. The van der Waals surface area contributed by atoms with Gasteiger partial charge in [-0.25, -0.2) is 14.5 Å². The van der Waals surface area contributed by atoms with Crippen molar-refractivity contribution >= 4 is 12.1 Å². The first-order valence-corrected chi connectivity index (χ1v) is 8.50. The minimum atomic E-state index is -1.09. The number of methoxy groups -OCH3 is 2. The van der Waals surface area contributed by atoms with Gasteiger partial charge in [0.05, 0.1) is 19.3 Å². The Balaban J connectivity index is 2.41. The Morgan fingerprint density at radius 1 is 1.00 bits per heavy atom. The van der Waals surface area contributed by atoms with Gasteiger partial charge in [-0.1, -0.05) is 32.3 Å². The topological polar surface area (TPSA) is 89.5 Å². The molecule has 1 aromatic rings. The summed E-state index contributed by atoms with van der Waals surface area (Å²) in [5.41, 5.74) is -0.00115. The van der Waals surface area contributed by atoms with E-state index in [4.69, 9.17) is 14.2 Å². The normalized spacial score (nSPS) is 11.4. The van der Waals surface area contributed by atoms with Gasteiger partial charge < -0.3 is 14.2 Å². The van der Waals surface area contributed by atoms with Gasteiger partial charge in [0.25, 0.3) is 0 Å². The highest BCUT2D eigenvalue weighted by Gasteiger charge is 2.22. The lowest BCUT2D eigenvalue weighted by atomic mass is 10.1. The molecule has 1 rings (SSSR count). The summed E-state index contributed by atoms with van der Waals surface area (Å²) in [7, 11) is 2.78. The Bertz CT molecular complexity index is 550. The quantitative estimate of drug-likeness (QED) is 0.247. The third-order valence-corrected chi connectivity index (χ3v) is 3.61. The molecule has 0 radical (unpaired) electrons. The number of carbonyl (C=O) groups excluding carboxylic acids is 2. The predicted octanol–water partition coefficient (Wildman–Crippen LogP) is 4.22. The fourth-order valence-corrected chi connectivity index (χ4v) is 2.27. The van der Waals surface area contributed by atoms with Gasteiger partial charge in [-0.05, 0) is 31.9 Å². The summed E-state index contributed by atoms with van der Waals surface area (Å²) >= 11 is 0. The van der Waals surface area contributed by atoms with Crippen LogP contribution in [0.25, 0.3) is 0 Å². The smallest absolute Gasteiger partial charge is 0.496 e. The van der Waals surface area contributed by atoms with Gasteiger partial charge in [-0.15, -0.1) is 0 Å². The number of hydrogen-bond donors (Lipinski definition) is 0. The van der Waals surface area contributed by atoms with Gasteiger partial charge in [-0.3, -0.25) is 4.89 Å². The van der Waals surface area contributed by atoms with Gasteiger partial charge in [0.15, 0.2) is 0 Å². The van der Waals surface area contributed by atoms with E-state index in [1.165, 1.54) is 14.2 Å². The molecule has 0 aliphatic carbocycles. The maximum absolute atomic E-state index is 12.1. The number of ether oxygens (including phenoxy) is 3. The average molecular weight is 370 g/mol. The molecule has 26 heavy (non-hydrogen) atoms. The second-order valence-corrected chi connectivity index (χ2v) is 5.59. The highest BCUT2D eigenvalue weighted by molar-refractivity contribution is 5.95. The summed E-state index contributed by atoms with van der Waals surface area (Å²) in [6.07, 6.45) is 3.60. The number of benzene rings is 1. The molecule has 0 aliphatic rings. The van der Waals surface area contributed by atoms with E-state index in [-0.39, 0.29) is 23.2 Å². The molecule has 8 nitrogen and oxygen atoms in total. The molecule has 0 spiro atoms. The van der Waals surface area contributed by atoms with Crippen molar-refractivity contribution in [1.29, 1.82) is 0 Å². The summed E-state index contributed by atoms with van der Waals surface area (Å²) in [6.45, 7) is 3.87. The zero-order chi connectivity index (χ0) is 19.4. The first-order chi connectivity index (χ1) is 12.5. The molecule has 0 saturated heterocycles. The van der Waals surface area contributed by atoms with E-state index in [0.29, 0.717) is 6.42 Å². The van der Waals surface area contributed by atoms with Crippen molar-refractivity contribution in [1.82, 2.24) is 0 Å². The van der Waals surface area contributed by atoms with Crippen molar-refractivity contribution in [3.63, 3.8) is 0 Å². The Labute approximate surface area is 153 Å². The molecule has 0 N–H and O–H groups in total. The largest absolute Gasteiger partial charge is 0.543 e. The molecule has 0 saturated carbocycles. The van der Waals surface area contributed by atoms with Gasteiger partial charge >= 0.3 is 12.1 Å². The number of unbranched alkanes of at least 4 members (excludes halogenated alkanes) is 3. The van der Waals surface area contributed by atoms with E-state index in [2.05, 4.69) is 21.7 Å². The standard InChI is InChI=1S/C18H26O8/c1-5-6-7-8-10-13(2)23-18(20)25-26-24-17(19)16-14(21-3)11-9-12-15(16)22-4/h9,11-13H,5-8,10H2,1-4H3. The molecule has 0 heterocycles. The first kappa shape index (κ1) is 21.6. The van der Waals surface area contributed by atoms with Gasteiger partial charge in [0.1, 0.15) is 23.2 Å². The van der Waals surface area contributed by atoms with E-state index >= 15 is 0 Å². The molecule has 1 aromatic carbocycles. The molecule has 8 heteroatoms. The number of rotatable bonds is 11. The van der Waals surface area contributed by atoms with Gasteiger partial charge in [0.2, 0.25) is 0 Å². The van der Waals surface area contributed by atoms with Crippen LogP contribution in [0, 0.1) is 0 Å². The third-order valence-electron chi connectivity index (χ3n) is 3.61. The van der Waals surface area contributed by atoms with Crippen LogP contribution in [0.3, 0.4) is 0 Å². The van der Waals surface area contributed by atoms with Crippen LogP contribution >= 0.6 is 0 Å². The van der Waals surface area contributed by atoms with Crippen molar-refractivity contribution in [3.8, 4) is 11.5 Å². The zero-order valence-electron chi connectivity index (χ0n) is 15.6. The van der Waals surface area contributed by atoms with Crippen LogP contribution in [0.2, 0.25) is 0 Å². The monoisotopic (exact) mass is 370 g/mol. The van der Waals surface area contributed by atoms with Crippen molar-refractivity contribution < 1.29 is 38.6 Å². The number of carbonyl (C=O) groups is 2. The van der Waals surface area contributed by atoms with E-state index in [0.717, 1.165) is 25.7 Å². The highest BCUT2D eigenvalue weighted by atomic mass is 17.5. The Morgan fingerprint density at radius 3 is 2.23 bits per heavy atom. The maximum atomic E-state index is 12.1. The zero-order valence-corrected chi connectivity index (χ0v) is 15.6. The summed E-state index contributed by atoms with van der Waals surface area (Å²) < 4.78 is 15.1. The van der Waals surface area contributed by atoms with Crippen LogP contribution in [0.5, 0.6) is 11.5 Å². The minimum absolute atomic E-state index is 0.00115. The van der Waals surface area contributed by atoms with Gasteiger partial charge in [-0.2, -0.15) is 0 Å². The molecule has 0 aliphatic heterocycles.